The Bertz CT molecular complexity index is 304. The molecule has 1 aliphatic heterocycles. The molecule has 1 saturated heterocycles. The number of aliphatic imine (C=N–C) groups is 1. The molecule has 0 aromatic rings. The van der Waals surface area contributed by atoms with Crippen molar-refractivity contribution >= 4 is 16.9 Å². The average molecular weight is 268 g/mol. The van der Waals surface area contributed by atoms with E-state index in [0.717, 1.165) is 11.8 Å². The minimum Gasteiger partial charge on any atom is -0.359 e. The Hall–Kier alpha value is -0.180. The zero-order valence-electron chi connectivity index (χ0n) is 12.3. The maximum atomic E-state index is 4.85. The number of hydrogen-bond acceptors (Lipinski definition) is 2. The van der Waals surface area contributed by atoms with Gasteiger partial charge in [-0.25, -0.2) is 0 Å². The zero-order valence-corrected chi connectivity index (χ0v) is 13.1. The Morgan fingerprint density at radius 1 is 1.33 bits per heavy atom. The minimum atomic E-state index is 0.383. The summed E-state index contributed by atoms with van der Waals surface area (Å²) in [6.07, 6.45) is 6.61. The lowest BCUT2D eigenvalue weighted by molar-refractivity contribution is 0.250. The molecule has 0 aromatic heterocycles. The van der Waals surface area contributed by atoms with Crippen molar-refractivity contribution in [1.29, 1.82) is 0 Å². The van der Waals surface area contributed by atoms with Crippen LogP contribution in [0.15, 0.2) is 4.99 Å². The molecule has 2 nitrogen and oxygen atoms in total. The molecule has 0 amide bonds. The summed E-state index contributed by atoms with van der Waals surface area (Å²) in [5, 5.41) is 4.95. The van der Waals surface area contributed by atoms with Crippen molar-refractivity contribution in [2.24, 2.45) is 16.8 Å². The molecule has 1 heterocycles. The summed E-state index contributed by atoms with van der Waals surface area (Å²) < 4.78 is 0. The van der Waals surface area contributed by atoms with Gasteiger partial charge in [0.2, 0.25) is 0 Å². The molecule has 104 valence electrons. The number of hydrogen-bond donors (Lipinski definition) is 1. The van der Waals surface area contributed by atoms with Gasteiger partial charge >= 0.3 is 0 Å². The highest BCUT2D eigenvalue weighted by Gasteiger charge is 2.39. The van der Waals surface area contributed by atoms with Crippen LogP contribution in [0.1, 0.15) is 59.8 Å². The summed E-state index contributed by atoms with van der Waals surface area (Å²) in [4.78, 5) is 4.85. The van der Waals surface area contributed by atoms with Crippen molar-refractivity contribution in [3.63, 3.8) is 0 Å². The van der Waals surface area contributed by atoms with Gasteiger partial charge in [0.25, 0.3) is 0 Å². The van der Waals surface area contributed by atoms with E-state index in [1.165, 1.54) is 43.0 Å². The summed E-state index contributed by atoms with van der Waals surface area (Å²) in [7, 11) is 0. The fourth-order valence-corrected chi connectivity index (χ4v) is 4.41. The second kappa shape index (κ2) is 5.85. The second-order valence-electron chi connectivity index (χ2n) is 6.79. The Labute approximate surface area is 116 Å². The lowest BCUT2D eigenvalue weighted by Crippen LogP contribution is -2.46. The van der Waals surface area contributed by atoms with E-state index in [1.807, 2.05) is 11.8 Å². The van der Waals surface area contributed by atoms with Crippen LogP contribution in [-0.4, -0.2) is 22.5 Å². The molecule has 1 N–H and O–H groups in total. The van der Waals surface area contributed by atoms with Crippen LogP contribution in [0, 0.1) is 11.8 Å². The molecule has 3 heteroatoms. The van der Waals surface area contributed by atoms with Crippen molar-refractivity contribution in [1.82, 2.24) is 5.32 Å². The second-order valence-corrected chi connectivity index (χ2v) is 7.75. The first-order chi connectivity index (χ1) is 8.49. The normalized spacial score (nSPS) is 36.3. The third-order valence-corrected chi connectivity index (χ3v) is 5.42. The van der Waals surface area contributed by atoms with Gasteiger partial charge in [0, 0.05) is 11.3 Å². The molecule has 2 aliphatic rings. The number of rotatable bonds is 3. The maximum Gasteiger partial charge on any atom is 0.157 e. The van der Waals surface area contributed by atoms with Crippen LogP contribution in [0.3, 0.4) is 0 Å². The quantitative estimate of drug-likeness (QED) is 0.834. The van der Waals surface area contributed by atoms with Crippen LogP contribution < -0.4 is 5.32 Å². The van der Waals surface area contributed by atoms with Gasteiger partial charge in [0.1, 0.15) is 0 Å². The first-order valence-electron chi connectivity index (χ1n) is 7.48. The smallest absolute Gasteiger partial charge is 0.157 e. The molecule has 1 aliphatic carbocycles. The van der Waals surface area contributed by atoms with E-state index in [0.29, 0.717) is 11.6 Å². The predicted molar refractivity (Wildman–Crippen MR) is 82.3 cm³/mol. The monoisotopic (exact) mass is 268 g/mol. The van der Waals surface area contributed by atoms with Crippen molar-refractivity contribution in [3.05, 3.63) is 0 Å². The molecule has 1 unspecified atom stereocenters. The molecular formula is C15H28N2S. The third-order valence-electron chi connectivity index (χ3n) is 4.24. The van der Waals surface area contributed by atoms with Crippen LogP contribution in [0.5, 0.6) is 0 Å². The average Bonchev–Trinajstić information content (AvgIpc) is 2.65. The molecule has 0 bridgehead atoms. The van der Waals surface area contributed by atoms with E-state index in [-0.39, 0.29) is 0 Å². The van der Waals surface area contributed by atoms with Gasteiger partial charge in [-0.2, -0.15) is 0 Å². The van der Waals surface area contributed by atoms with E-state index in [1.54, 1.807) is 0 Å². The number of thioether (sulfide) groups is 1. The Morgan fingerprint density at radius 3 is 2.61 bits per heavy atom. The SMILES string of the molecule is CC(C)CC(C)N=C1NC2(CCC(C)CC2)CS1. The molecule has 18 heavy (non-hydrogen) atoms. The van der Waals surface area contributed by atoms with Crippen LogP contribution in [0.4, 0.5) is 0 Å². The highest BCUT2D eigenvalue weighted by atomic mass is 32.2. The van der Waals surface area contributed by atoms with E-state index >= 15 is 0 Å². The molecule has 1 saturated carbocycles. The van der Waals surface area contributed by atoms with E-state index in [2.05, 4.69) is 33.0 Å². The lowest BCUT2D eigenvalue weighted by Gasteiger charge is -2.35. The topological polar surface area (TPSA) is 24.4 Å². The Morgan fingerprint density at radius 2 is 2.00 bits per heavy atom. The summed E-state index contributed by atoms with van der Waals surface area (Å²) in [5.41, 5.74) is 0.383. The first kappa shape index (κ1) is 14.2. The van der Waals surface area contributed by atoms with Crippen molar-refractivity contribution in [3.8, 4) is 0 Å². The molecular weight excluding hydrogens is 240 g/mol. The van der Waals surface area contributed by atoms with Crippen LogP contribution in [0.25, 0.3) is 0 Å². The standard InChI is InChI=1S/C15H28N2S/c1-11(2)9-13(4)16-14-17-15(10-18-14)7-5-12(3)6-8-15/h11-13H,5-10H2,1-4H3,(H,16,17). The largest absolute Gasteiger partial charge is 0.359 e. The van der Waals surface area contributed by atoms with Crippen LogP contribution in [0.2, 0.25) is 0 Å². The maximum absolute atomic E-state index is 4.85. The summed E-state index contributed by atoms with van der Waals surface area (Å²) in [6.45, 7) is 9.17. The van der Waals surface area contributed by atoms with Gasteiger partial charge in [0.05, 0.1) is 6.04 Å². The molecule has 2 rings (SSSR count). The molecule has 0 aromatic carbocycles. The lowest BCUT2D eigenvalue weighted by atomic mass is 9.78. The minimum absolute atomic E-state index is 0.383. The van der Waals surface area contributed by atoms with E-state index in [4.69, 9.17) is 4.99 Å². The fourth-order valence-electron chi connectivity index (χ4n) is 3.09. The number of amidine groups is 1. The third kappa shape index (κ3) is 3.66. The zero-order chi connectivity index (χ0) is 13.2. The predicted octanol–water partition coefficient (Wildman–Crippen LogP) is 4.06. The van der Waals surface area contributed by atoms with Crippen LogP contribution in [-0.2, 0) is 0 Å². The Kier molecular flexibility index (Phi) is 4.63. The van der Waals surface area contributed by atoms with Crippen molar-refractivity contribution in [2.75, 3.05) is 5.75 Å². The number of nitrogens with zero attached hydrogens (tertiary/aromatic N) is 1. The van der Waals surface area contributed by atoms with Gasteiger partial charge in [-0.15, -0.1) is 0 Å². The Balaban J connectivity index is 1.89. The summed E-state index contributed by atoms with van der Waals surface area (Å²) in [5.74, 6) is 2.89. The van der Waals surface area contributed by atoms with Crippen LogP contribution >= 0.6 is 11.8 Å². The van der Waals surface area contributed by atoms with Gasteiger partial charge in [0.15, 0.2) is 5.17 Å². The van der Waals surface area contributed by atoms with Gasteiger partial charge < -0.3 is 5.32 Å². The molecule has 1 spiro atoms. The molecule has 2 fully saturated rings. The molecule has 0 radical (unpaired) electrons. The number of nitrogens with one attached hydrogen (secondary N) is 1. The van der Waals surface area contributed by atoms with Gasteiger partial charge in [-0.05, 0) is 50.9 Å². The van der Waals surface area contributed by atoms with E-state index in [9.17, 15) is 0 Å². The van der Waals surface area contributed by atoms with Gasteiger partial charge in [-0.3, -0.25) is 4.99 Å². The van der Waals surface area contributed by atoms with Gasteiger partial charge in [-0.1, -0.05) is 32.5 Å². The van der Waals surface area contributed by atoms with Crippen molar-refractivity contribution < 1.29 is 0 Å². The highest BCUT2D eigenvalue weighted by Crippen LogP contribution is 2.38. The van der Waals surface area contributed by atoms with Crippen molar-refractivity contribution in [2.45, 2.75) is 71.4 Å². The van der Waals surface area contributed by atoms with E-state index < -0.39 is 0 Å². The fraction of sp³-hybridized carbons (Fsp3) is 0.933. The first-order valence-corrected chi connectivity index (χ1v) is 8.46. The summed E-state index contributed by atoms with van der Waals surface area (Å²) in [6, 6.07) is 0.456. The summed E-state index contributed by atoms with van der Waals surface area (Å²) >= 11 is 1.94. The highest BCUT2D eigenvalue weighted by molar-refractivity contribution is 8.14. The molecule has 1 atom stereocenters.